The fraction of sp³-hybridized carbons (Fsp3) is 0.375. The van der Waals surface area contributed by atoms with Crippen LogP contribution in [0.1, 0.15) is 11.1 Å². The predicted octanol–water partition coefficient (Wildman–Crippen LogP) is 2.06. The van der Waals surface area contributed by atoms with Crippen LogP contribution in [0.4, 0.5) is 0 Å². The van der Waals surface area contributed by atoms with Crippen LogP contribution >= 0.6 is 11.3 Å². The van der Waals surface area contributed by atoms with Gasteiger partial charge in [0.25, 0.3) is 0 Å². The van der Waals surface area contributed by atoms with Crippen LogP contribution in [-0.4, -0.2) is 30.1 Å². The lowest BCUT2D eigenvalue weighted by atomic mass is 9.95. The Labute approximate surface area is 128 Å². The molecule has 3 rings (SSSR count). The highest BCUT2D eigenvalue weighted by molar-refractivity contribution is 7.07. The maximum Gasteiger partial charge on any atom is 0.224 e. The molecule has 21 heavy (non-hydrogen) atoms. The number of nitrogens with one attached hydrogen (secondary N) is 1. The van der Waals surface area contributed by atoms with E-state index in [-0.39, 0.29) is 11.9 Å². The van der Waals surface area contributed by atoms with Crippen molar-refractivity contribution < 1.29 is 9.53 Å². The van der Waals surface area contributed by atoms with Crippen LogP contribution in [0, 0.1) is 5.92 Å². The number of ether oxygens (including phenoxy) is 1. The number of carbonyl (C=O) groups is 1. The summed E-state index contributed by atoms with van der Waals surface area (Å²) >= 11 is 1.62. The van der Waals surface area contributed by atoms with E-state index in [1.165, 1.54) is 5.56 Å². The molecule has 1 aliphatic heterocycles. The predicted molar refractivity (Wildman–Crippen MR) is 82.2 cm³/mol. The van der Waals surface area contributed by atoms with Gasteiger partial charge in [-0.3, -0.25) is 9.78 Å². The van der Waals surface area contributed by atoms with Crippen LogP contribution in [0.3, 0.4) is 0 Å². The quantitative estimate of drug-likeness (QED) is 0.920. The van der Waals surface area contributed by atoms with Crippen molar-refractivity contribution in [3.05, 3.63) is 52.5 Å². The lowest BCUT2D eigenvalue weighted by molar-refractivity contribution is -0.121. The second kappa shape index (κ2) is 6.83. The average molecular weight is 302 g/mol. The molecule has 1 amide bonds. The number of carbonyl (C=O) groups excluding carboxylic acids is 1. The monoisotopic (exact) mass is 302 g/mol. The number of amides is 1. The van der Waals surface area contributed by atoms with Gasteiger partial charge in [0, 0.05) is 18.3 Å². The molecule has 0 aliphatic carbocycles. The lowest BCUT2D eigenvalue weighted by Gasteiger charge is -2.19. The Morgan fingerprint density at radius 1 is 1.29 bits per heavy atom. The molecule has 110 valence electrons. The van der Waals surface area contributed by atoms with Crippen LogP contribution in [0.2, 0.25) is 0 Å². The number of aromatic nitrogens is 1. The highest BCUT2D eigenvalue weighted by atomic mass is 32.1. The van der Waals surface area contributed by atoms with Crippen LogP contribution in [0.15, 0.2) is 41.4 Å². The summed E-state index contributed by atoms with van der Waals surface area (Å²) in [7, 11) is 0. The first-order chi connectivity index (χ1) is 10.3. The van der Waals surface area contributed by atoms with Gasteiger partial charge in [-0.05, 0) is 46.5 Å². The summed E-state index contributed by atoms with van der Waals surface area (Å²) in [5, 5.41) is 7.12. The van der Waals surface area contributed by atoms with Crippen LogP contribution < -0.4 is 5.32 Å². The summed E-state index contributed by atoms with van der Waals surface area (Å²) in [6.07, 6.45) is 4.96. The number of nitrogens with zero attached hydrogens (tertiary/aromatic N) is 1. The second-order valence-electron chi connectivity index (χ2n) is 5.34. The van der Waals surface area contributed by atoms with Gasteiger partial charge in [-0.25, -0.2) is 0 Å². The summed E-state index contributed by atoms with van der Waals surface area (Å²) in [5.74, 6) is 0.405. The second-order valence-corrected chi connectivity index (χ2v) is 6.12. The van der Waals surface area contributed by atoms with E-state index < -0.39 is 0 Å². The zero-order chi connectivity index (χ0) is 14.5. The molecule has 0 unspecified atom stereocenters. The van der Waals surface area contributed by atoms with Gasteiger partial charge in [0.05, 0.1) is 25.7 Å². The van der Waals surface area contributed by atoms with Crippen LogP contribution in [-0.2, 0) is 22.4 Å². The van der Waals surface area contributed by atoms with Crippen molar-refractivity contribution in [3.63, 3.8) is 0 Å². The van der Waals surface area contributed by atoms with E-state index in [9.17, 15) is 4.79 Å². The van der Waals surface area contributed by atoms with Gasteiger partial charge < -0.3 is 10.1 Å². The van der Waals surface area contributed by atoms with Crippen LogP contribution in [0.5, 0.6) is 0 Å². The van der Waals surface area contributed by atoms with E-state index in [1.807, 2.05) is 29.0 Å². The third-order valence-electron chi connectivity index (χ3n) is 3.74. The molecule has 1 N–H and O–H groups in total. The Morgan fingerprint density at radius 3 is 2.90 bits per heavy atom. The third-order valence-corrected chi connectivity index (χ3v) is 4.47. The van der Waals surface area contributed by atoms with E-state index in [0.717, 1.165) is 12.0 Å². The van der Waals surface area contributed by atoms with Gasteiger partial charge in [-0.1, -0.05) is 0 Å². The highest BCUT2D eigenvalue weighted by Gasteiger charge is 2.29. The van der Waals surface area contributed by atoms with Crippen molar-refractivity contribution in [1.82, 2.24) is 10.3 Å². The molecule has 2 atom stereocenters. The Bertz CT molecular complexity index is 571. The minimum atomic E-state index is 0.0728. The first-order valence-electron chi connectivity index (χ1n) is 7.08. The average Bonchev–Trinajstić information content (AvgIpc) is 3.13. The first kappa shape index (κ1) is 14.2. The normalized spacial score (nSPS) is 21.3. The van der Waals surface area contributed by atoms with Gasteiger partial charge in [0.2, 0.25) is 5.91 Å². The Morgan fingerprint density at radius 2 is 2.14 bits per heavy atom. The molecule has 0 radical (unpaired) electrons. The van der Waals surface area contributed by atoms with Gasteiger partial charge in [-0.2, -0.15) is 11.3 Å². The molecule has 0 bridgehead atoms. The fourth-order valence-electron chi connectivity index (χ4n) is 2.62. The Kier molecular flexibility index (Phi) is 4.62. The minimum Gasteiger partial charge on any atom is -0.379 e. The Balaban J connectivity index is 1.55. The summed E-state index contributed by atoms with van der Waals surface area (Å²) in [5.41, 5.74) is 2.31. The zero-order valence-corrected chi connectivity index (χ0v) is 12.5. The molecule has 0 saturated carbocycles. The molecule has 0 aromatic carbocycles. The van der Waals surface area contributed by atoms with E-state index >= 15 is 0 Å². The van der Waals surface area contributed by atoms with E-state index in [4.69, 9.17) is 4.74 Å². The number of hydrogen-bond donors (Lipinski definition) is 1. The molecular weight excluding hydrogens is 284 g/mol. The first-order valence-corrected chi connectivity index (χ1v) is 8.02. The van der Waals surface area contributed by atoms with Crippen molar-refractivity contribution in [2.75, 3.05) is 13.2 Å². The molecule has 3 heterocycles. The summed E-state index contributed by atoms with van der Waals surface area (Å²) in [6, 6.07) is 6.12. The number of thiophene rings is 1. The number of hydrogen-bond acceptors (Lipinski definition) is 4. The van der Waals surface area contributed by atoms with Gasteiger partial charge in [0.1, 0.15) is 0 Å². The molecular formula is C16H18N2O2S. The van der Waals surface area contributed by atoms with Crippen molar-refractivity contribution >= 4 is 17.2 Å². The molecule has 1 fully saturated rings. The van der Waals surface area contributed by atoms with Gasteiger partial charge in [-0.15, -0.1) is 0 Å². The fourth-order valence-corrected chi connectivity index (χ4v) is 3.29. The molecule has 1 aliphatic rings. The van der Waals surface area contributed by atoms with Gasteiger partial charge >= 0.3 is 0 Å². The Hall–Kier alpha value is -1.72. The van der Waals surface area contributed by atoms with E-state index in [2.05, 4.69) is 10.3 Å². The van der Waals surface area contributed by atoms with E-state index in [1.54, 1.807) is 23.7 Å². The van der Waals surface area contributed by atoms with E-state index in [0.29, 0.717) is 25.6 Å². The summed E-state index contributed by atoms with van der Waals surface area (Å²) in [6.45, 7) is 1.30. The zero-order valence-electron chi connectivity index (χ0n) is 11.7. The largest absolute Gasteiger partial charge is 0.379 e. The summed E-state index contributed by atoms with van der Waals surface area (Å²) < 4.78 is 5.55. The SMILES string of the molecule is O=C(Cc1ccsc1)N[C@H]1COC[C@H]1Cc1ccncc1. The minimum absolute atomic E-state index is 0.0728. The smallest absolute Gasteiger partial charge is 0.224 e. The molecule has 2 aromatic heterocycles. The lowest BCUT2D eigenvalue weighted by Crippen LogP contribution is -2.41. The van der Waals surface area contributed by atoms with Crippen molar-refractivity contribution in [2.45, 2.75) is 18.9 Å². The highest BCUT2D eigenvalue weighted by Crippen LogP contribution is 2.19. The molecule has 0 spiro atoms. The maximum atomic E-state index is 12.1. The topological polar surface area (TPSA) is 51.2 Å². The number of rotatable bonds is 5. The molecule has 2 aromatic rings. The molecule has 5 heteroatoms. The summed E-state index contributed by atoms with van der Waals surface area (Å²) in [4.78, 5) is 16.1. The van der Waals surface area contributed by atoms with Crippen molar-refractivity contribution in [2.24, 2.45) is 5.92 Å². The number of pyridine rings is 1. The molecule has 4 nitrogen and oxygen atoms in total. The van der Waals surface area contributed by atoms with Crippen molar-refractivity contribution in [1.29, 1.82) is 0 Å². The standard InChI is InChI=1S/C16H18N2O2S/c19-16(8-13-3-6-21-11-13)18-15-10-20-9-14(15)7-12-1-4-17-5-2-12/h1-6,11,14-15H,7-10H2,(H,18,19)/t14-,15+/m1/s1. The molecule has 1 saturated heterocycles. The maximum absolute atomic E-state index is 12.1. The van der Waals surface area contributed by atoms with Crippen LogP contribution in [0.25, 0.3) is 0 Å². The van der Waals surface area contributed by atoms with Crippen molar-refractivity contribution in [3.8, 4) is 0 Å². The third kappa shape index (κ3) is 3.89. The van der Waals surface area contributed by atoms with Gasteiger partial charge in [0.15, 0.2) is 0 Å².